The van der Waals surface area contributed by atoms with Crippen LogP contribution in [0, 0.1) is 24.3 Å². The standard InChI is InChI=1S/2C28H20.2Au.2ClH/c2*1-5-13-23(14-6-1)21-27(25-17-9-3-10-18-25)28(26-19-11-4-12-20-26)22-24-15-7-2-8-16-24;;;;/h2*1-20H;;;2*1H/q2*-2;2*+1;;/p-2. The van der Waals surface area contributed by atoms with Crippen molar-refractivity contribution in [3.05, 3.63) is 311 Å². The van der Waals surface area contributed by atoms with Crippen molar-refractivity contribution in [3.63, 3.8) is 0 Å². The van der Waals surface area contributed by atoms with Crippen molar-refractivity contribution < 1.29 is 40.0 Å². The van der Waals surface area contributed by atoms with E-state index in [-0.39, 0.29) is 0 Å². The van der Waals surface area contributed by atoms with Gasteiger partial charge in [0.25, 0.3) is 0 Å². The quantitative estimate of drug-likeness (QED) is 0.0554. The number of hydrogen-bond donors (Lipinski definition) is 0. The van der Waals surface area contributed by atoms with Crippen LogP contribution in [0.4, 0.5) is 0 Å². The van der Waals surface area contributed by atoms with Crippen LogP contribution in [0.25, 0.3) is 22.3 Å². The van der Waals surface area contributed by atoms with Gasteiger partial charge < -0.3 is 0 Å². The van der Waals surface area contributed by atoms with Crippen molar-refractivity contribution in [3.8, 4) is 0 Å². The average Bonchev–Trinajstić information content (AvgIpc) is 3.35. The monoisotopic (exact) mass is 1180 g/mol. The normalized spacial score (nSPS) is 11.4. The van der Waals surface area contributed by atoms with E-state index in [4.69, 9.17) is 0 Å². The number of hydrogen-bond acceptors (Lipinski definition) is 0. The summed E-state index contributed by atoms with van der Waals surface area (Å²) in [4.78, 5) is 0. The first-order valence-electron chi connectivity index (χ1n) is 19.0. The molecule has 0 aliphatic rings. The molecule has 0 unspecified atom stereocenters. The molecular weight excluding hydrogens is 1140 g/mol. The summed E-state index contributed by atoms with van der Waals surface area (Å²) in [5.74, 6) is 0. The molecule has 0 saturated carbocycles. The van der Waals surface area contributed by atoms with Crippen molar-refractivity contribution in [1.82, 2.24) is 0 Å². The molecule has 60 heavy (non-hydrogen) atoms. The van der Waals surface area contributed by atoms with Crippen molar-refractivity contribution >= 4 is 40.7 Å². The van der Waals surface area contributed by atoms with Crippen LogP contribution in [-0.2, 0) is 40.0 Å². The molecule has 0 amide bonds. The van der Waals surface area contributed by atoms with Crippen LogP contribution in [0.5, 0.6) is 0 Å². The molecule has 0 saturated heterocycles. The van der Waals surface area contributed by atoms with Gasteiger partial charge in [0.1, 0.15) is 0 Å². The second kappa shape index (κ2) is 26.8. The molecule has 0 spiro atoms. The third-order valence-electron chi connectivity index (χ3n) is 8.92. The zero-order chi connectivity index (χ0) is 42.0. The maximum absolute atomic E-state index is 4.58. The van der Waals surface area contributed by atoms with Crippen LogP contribution in [0.15, 0.2) is 243 Å². The van der Waals surface area contributed by atoms with Crippen LogP contribution in [-0.4, -0.2) is 0 Å². The van der Waals surface area contributed by atoms with Gasteiger partial charge in [-0.05, 0) is 0 Å². The predicted molar refractivity (Wildman–Crippen MR) is 246 cm³/mol. The van der Waals surface area contributed by atoms with Gasteiger partial charge >= 0.3 is 58.4 Å². The first kappa shape index (κ1) is 45.9. The molecule has 0 aliphatic heterocycles. The number of rotatable bonds is 10. The molecule has 0 atom stereocenters. The predicted octanol–water partition coefficient (Wildman–Crippen LogP) is 15.1. The van der Waals surface area contributed by atoms with Crippen LogP contribution < -0.4 is 0 Å². The van der Waals surface area contributed by atoms with Crippen LogP contribution >= 0.6 is 18.4 Å². The fraction of sp³-hybridized carbons (Fsp3) is 0. The third kappa shape index (κ3) is 14.5. The topological polar surface area (TPSA) is 0 Å². The van der Waals surface area contributed by atoms with Gasteiger partial charge in [0, 0.05) is 0 Å². The van der Waals surface area contributed by atoms with E-state index in [1.165, 1.54) is 0 Å². The molecule has 0 heterocycles. The molecule has 0 fully saturated rings. The SMILES string of the molecule is [C-](=C(C(=[C-]c1ccccc1)c1ccccc1)c1ccccc1)c1ccccc1.[C-](=C(C(=[C-]c1ccccc1)c1ccccc1)c1ccccc1)c1ccccc1.[Cl][Au].[Cl][Au]. The Hall–Kier alpha value is -5.22. The summed E-state index contributed by atoms with van der Waals surface area (Å²) >= 11 is 3.50. The van der Waals surface area contributed by atoms with Gasteiger partial charge in [0.2, 0.25) is 0 Å². The van der Waals surface area contributed by atoms with Crippen molar-refractivity contribution in [1.29, 1.82) is 0 Å². The Morgan fingerprint density at radius 1 is 0.217 bits per heavy atom. The Kier molecular flexibility index (Phi) is 20.5. The molecule has 0 nitrogen and oxygen atoms in total. The van der Waals surface area contributed by atoms with E-state index in [1.54, 1.807) is 40.0 Å². The zero-order valence-electron chi connectivity index (χ0n) is 32.5. The van der Waals surface area contributed by atoms with E-state index in [9.17, 15) is 0 Å². The molecule has 8 aromatic carbocycles. The van der Waals surface area contributed by atoms with E-state index >= 15 is 0 Å². The molecule has 8 aromatic rings. The third-order valence-corrected chi connectivity index (χ3v) is 8.92. The fourth-order valence-corrected chi connectivity index (χ4v) is 6.20. The second-order valence-electron chi connectivity index (χ2n) is 12.9. The molecular formula is C56H40Au2Cl2-4. The molecule has 0 radical (unpaired) electrons. The van der Waals surface area contributed by atoms with Gasteiger partial charge in [-0.3, -0.25) is 0 Å². The van der Waals surface area contributed by atoms with Gasteiger partial charge in [-0.25, -0.2) is 0 Å². The van der Waals surface area contributed by atoms with Crippen molar-refractivity contribution in [2.75, 3.05) is 0 Å². The number of benzene rings is 8. The summed E-state index contributed by atoms with van der Waals surface area (Å²) in [6.07, 6.45) is 14.5. The molecule has 0 aliphatic carbocycles. The molecule has 0 aromatic heterocycles. The molecule has 0 bridgehead atoms. The van der Waals surface area contributed by atoms with E-state index in [0.717, 1.165) is 66.8 Å². The van der Waals surface area contributed by atoms with E-state index in [0.29, 0.717) is 0 Å². The van der Waals surface area contributed by atoms with Gasteiger partial charge in [0.05, 0.1) is 0 Å². The Labute approximate surface area is 388 Å². The summed E-state index contributed by atoms with van der Waals surface area (Å²) in [6, 6.07) is 82.7. The van der Waals surface area contributed by atoms with Crippen LogP contribution in [0.2, 0.25) is 0 Å². The summed E-state index contributed by atoms with van der Waals surface area (Å²) in [7, 11) is 9.17. The molecule has 4 heteroatoms. The summed E-state index contributed by atoms with van der Waals surface area (Å²) in [5.41, 5.74) is 12.8. The molecule has 8 rings (SSSR count). The van der Waals surface area contributed by atoms with Crippen LogP contribution in [0.1, 0.15) is 44.5 Å². The van der Waals surface area contributed by atoms with E-state index < -0.39 is 0 Å². The minimum absolute atomic E-state index is 1.03. The second-order valence-corrected chi connectivity index (χ2v) is 12.9. The Bertz CT molecular complexity index is 2140. The average molecular weight is 1180 g/mol. The van der Waals surface area contributed by atoms with E-state index in [2.05, 4.69) is 188 Å². The summed E-state index contributed by atoms with van der Waals surface area (Å²) in [5, 5.41) is 0. The van der Waals surface area contributed by atoms with Crippen molar-refractivity contribution in [2.24, 2.45) is 0 Å². The maximum atomic E-state index is 4.58. The summed E-state index contributed by atoms with van der Waals surface area (Å²) in [6.45, 7) is 0. The van der Waals surface area contributed by atoms with Gasteiger partial charge in [-0.1, -0.05) is 194 Å². The minimum atomic E-state index is 1.03. The van der Waals surface area contributed by atoms with Gasteiger partial charge in [0.15, 0.2) is 0 Å². The molecule has 0 N–H and O–H groups in total. The van der Waals surface area contributed by atoms with Crippen LogP contribution in [0.3, 0.4) is 0 Å². The summed E-state index contributed by atoms with van der Waals surface area (Å²) < 4.78 is 0. The van der Waals surface area contributed by atoms with E-state index in [1.807, 2.05) is 97.1 Å². The Morgan fingerprint density at radius 2 is 0.350 bits per heavy atom. The number of halogens is 2. The fourth-order valence-electron chi connectivity index (χ4n) is 6.20. The first-order valence-corrected chi connectivity index (χ1v) is 24.4. The number of allylic oxidation sites excluding steroid dienone is 4. The van der Waals surface area contributed by atoms with Gasteiger partial charge in [-0.15, -0.1) is 93.0 Å². The van der Waals surface area contributed by atoms with Gasteiger partial charge in [-0.2, -0.15) is 46.6 Å². The molecule has 304 valence electrons. The zero-order valence-corrected chi connectivity index (χ0v) is 38.3. The van der Waals surface area contributed by atoms with Crippen molar-refractivity contribution in [2.45, 2.75) is 0 Å². The Balaban J connectivity index is 0.000000210. The first-order chi connectivity index (χ1) is 29.8. The Morgan fingerprint density at radius 3 is 0.500 bits per heavy atom.